The topological polar surface area (TPSA) is 95.6 Å². The molecule has 2 unspecified atom stereocenters. The first-order valence-corrected chi connectivity index (χ1v) is 12.1. The van der Waals surface area contributed by atoms with Crippen molar-refractivity contribution in [2.45, 2.75) is 18.9 Å². The number of methoxy groups -OCH3 is 5. The van der Waals surface area contributed by atoms with Crippen LogP contribution in [-0.4, -0.2) is 47.4 Å². The monoisotopic (exact) mass is 520 g/mol. The minimum absolute atomic E-state index is 0.120. The van der Waals surface area contributed by atoms with Gasteiger partial charge < -0.3 is 33.9 Å². The summed E-state index contributed by atoms with van der Waals surface area (Å²) in [6, 6.07) is 17.4. The minimum Gasteiger partial charge on any atom is -0.497 e. The molecule has 9 heteroatoms. The molecule has 0 aromatic heterocycles. The predicted octanol–water partition coefficient (Wildman–Crippen LogP) is 4.85. The Labute approximate surface area is 222 Å². The SMILES string of the molecule is COc1ccc(C2C(C(=O)Nc3cccc(OC)c3)CCC(=O)N2c2cc(OC)c(OC)c(OC)c2)cc1. The predicted molar refractivity (Wildman–Crippen MR) is 144 cm³/mol. The van der Waals surface area contributed by atoms with E-state index >= 15 is 0 Å². The minimum atomic E-state index is -0.601. The van der Waals surface area contributed by atoms with Crippen LogP contribution in [0.25, 0.3) is 0 Å². The maximum absolute atomic E-state index is 13.7. The number of anilines is 2. The van der Waals surface area contributed by atoms with Crippen molar-refractivity contribution >= 4 is 23.2 Å². The highest BCUT2D eigenvalue weighted by Gasteiger charge is 2.42. The van der Waals surface area contributed by atoms with E-state index in [9.17, 15) is 9.59 Å². The summed E-state index contributed by atoms with van der Waals surface area (Å²) < 4.78 is 27.2. The average molecular weight is 521 g/mol. The van der Waals surface area contributed by atoms with Crippen LogP contribution < -0.4 is 33.9 Å². The molecular weight excluding hydrogens is 488 g/mol. The van der Waals surface area contributed by atoms with Gasteiger partial charge in [0, 0.05) is 30.3 Å². The van der Waals surface area contributed by atoms with Crippen molar-refractivity contribution < 1.29 is 33.3 Å². The Balaban J connectivity index is 1.80. The molecule has 0 saturated carbocycles. The molecule has 1 saturated heterocycles. The first kappa shape index (κ1) is 26.7. The second-order valence-corrected chi connectivity index (χ2v) is 8.73. The van der Waals surface area contributed by atoms with Crippen molar-refractivity contribution in [3.8, 4) is 28.7 Å². The van der Waals surface area contributed by atoms with Gasteiger partial charge in [-0.1, -0.05) is 18.2 Å². The highest BCUT2D eigenvalue weighted by molar-refractivity contribution is 6.00. The number of carbonyl (C=O) groups is 2. The second-order valence-electron chi connectivity index (χ2n) is 8.73. The van der Waals surface area contributed by atoms with Crippen molar-refractivity contribution in [3.05, 3.63) is 66.2 Å². The van der Waals surface area contributed by atoms with E-state index in [-0.39, 0.29) is 18.2 Å². The summed E-state index contributed by atoms with van der Waals surface area (Å²) in [4.78, 5) is 28.9. The molecule has 3 aromatic rings. The van der Waals surface area contributed by atoms with E-state index < -0.39 is 12.0 Å². The second kappa shape index (κ2) is 11.8. The van der Waals surface area contributed by atoms with Crippen LogP contribution in [0.2, 0.25) is 0 Å². The normalized spacial score (nSPS) is 17.0. The van der Waals surface area contributed by atoms with Crippen LogP contribution in [0.1, 0.15) is 24.4 Å². The highest BCUT2D eigenvalue weighted by Crippen LogP contribution is 2.46. The van der Waals surface area contributed by atoms with E-state index in [4.69, 9.17) is 23.7 Å². The maximum Gasteiger partial charge on any atom is 0.229 e. The zero-order chi connectivity index (χ0) is 27.2. The molecular formula is C29H32N2O7. The van der Waals surface area contributed by atoms with Crippen molar-refractivity contribution in [2.24, 2.45) is 5.92 Å². The molecule has 9 nitrogen and oxygen atoms in total. The van der Waals surface area contributed by atoms with Gasteiger partial charge in [-0.2, -0.15) is 0 Å². The Morgan fingerprint density at radius 2 is 1.47 bits per heavy atom. The van der Waals surface area contributed by atoms with Gasteiger partial charge in [-0.25, -0.2) is 0 Å². The van der Waals surface area contributed by atoms with Gasteiger partial charge in [-0.3, -0.25) is 9.59 Å². The molecule has 200 valence electrons. The molecule has 2 amide bonds. The zero-order valence-electron chi connectivity index (χ0n) is 22.1. The fourth-order valence-corrected chi connectivity index (χ4v) is 4.80. The number of carbonyl (C=O) groups excluding carboxylic acids is 2. The maximum atomic E-state index is 13.7. The van der Waals surface area contributed by atoms with Gasteiger partial charge in [0.1, 0.15) is 11.5 Å². The third-order valence-corrected chi connectivity index (χ3v) is 6.66. The number of rotatable bonds is 9. The number of hydrogen-bond donors (Lipinski definition) is 1. The first-order chi connectivity index (χ1) is 18.4. The standard InChI is InChI=1S/C29H32N2O7/c1-34-21-11-9-18(10-12-21)27-23(29(33)30-19-7-6-8-22(15-19)35-2)13-14-26(32)31(27)20-16-24(36-3)28(38-5)25(17-20)37-4/h6-12,15-17,23,27H,13-14H2,1-5H3,(H,30,33). The molecule has 0 spiro atoms. The van der Waals surface area contributed by atoms with Gasteiger partial charge in [0.05, 0.1) is 53.2 Å². The zero-order valence-corrected chi connectivity index (χ0v) is 22.1. The summed E-state index contributed by atoms with van der Waals surface area (Å²) >= 11 is 0. The lowest BCUT2D eigenvalue weighted by Crippen LogP contribution is -2.47. The van der Waals surface area contributed by atoms with Crippen molar-refractivity contribution in [1.82, 2.24) is 0 Å². The molecule has 1 N–H and O–H groups in total. The molecule has 1 aliphatic rings. The lowest BCUT2D eigenvalue weighted by molar-refractivity contribution is -0.125. The van der Waals surface area contributed by atoms with E-state index in [0.29, 0.717) is 46.5 Å². The van der Waals surface area contributed by atoms with E-state index in [0.717, 1.165) is 5.56 Å². The quantitative estimate of drug-likeness (QED) is 0.431. The summed E-state index contributed by atoms with van der Waals surface area (Å²) in [5.74, 6) is 1.66. The number of nitrogens with one attached hydrogen (secondary N) is 1. The van der Waals surface area contributed by atoms with Crippen molar-refractivity contribution in [3.63, 3.8) is 0 Å². The van der Waals surface area contributed by atoms with E-state index in [1.165, 1.54) is 21.3 Å². The largest absolute Gasteiger partial charge is 0.497 e. The first-order valence-electron chi connectivity index (χ1n) is 12.1. The fourth-order valence-electron chi connectivity index (χ4n) is 4.80. The molecule has 38 heavy (non-hydrogen) atoms. The smallest absolute Gasteiger partial charge is 0.229 e. The van der Waals surface area contributed by atoms with Gasteiger partial charge in [0.2, 0.25) is 17.6 Å². The van der Waals surface area contributed by atoms with Crippen LogP contribution >= 0.6 is 0 Å². The molecule has 2 atom stereocenters. The van der Waals surface area contributed by atoms with Crippen LogP contribution in [0.5, 0.6) is 28.7 Å². The Hall–Kier alpha value is -4.40. The summed E-state index contributed by atoms with van der Waals surface area (Å²) in [5, 5.41) is 3.01. The van der Waals surface area contributed by atoms with Gasteiger partial charge >= 0.3 is 0 Å². The van der Waals surface area contributed by atoms with Gasteiger partial charge in [-0.05, 0) is 36.2 Å². The Morgan fingerprint density at radius 3 is 2.05 bits per heavy atom. The summed E-state index contributed by atoms with van der Waals surface area (Å²) in [7, 11) is 7.72. The number of hydrogen-bond acceptors (Lipinski definition) is 7. The summed E-state index contributed by atoms with van der Waals surface area (Å²) in [6.45, 7) is 0. The highest BCUT2D eigenvalue weighted by atomic mass is 16.5. The Bertz CT molecular complexity index is 1270. The lowest BCUT2D eigenvalue weighted by Gasteiger charge is -2.41. The van der Waals surface area contributed by atoms with Crippen LogP contribution in [0.4, 0.5) is 11.4 Å². The Morgan fingerprint density at radius 1 is 0.816 bits per heavy atom. The Kier molecular flexibility index (Phi) is 8.25. The van der Waals surface area contributed by atoms with E-state index in [2.05, 4.69) is 5.32 Å². The molecule has 1 fully saturated rings. The van der Waals surface area contributed by atoms with E-state index in [1.807, 2.05) is 30.3 Å². The number of ether oxygens (including phenoxy) is 5. The number of amides is 2. The van der Waals surface area contributed by atoms with Gasteiger partial charge in [0.15, 0.2) is 11.5 Å². The number of piperidine rings is 1. The molecule has 3 aromatic carbocycles. The van der Waals surface area contributed by atoms with Crippen LogP contribution in [0, 0.1) is 5.92 Å². The summed E-state index contributed by atoms with van der Waals surface area (Å²) in [6.07, 6.45) is 0.575. The fraction of sp³-hybridized carbons (Fsp3) is 0.310. The third-order valence-electron chi connectivity index (χ3n) is 6.66. The number of nitrogens with zero attached hydrogens (tertiary/aromatic N) is 1. The van der Waals surface area contributed by atoms with Crippen LogP contribution in [-0.2, 0) is 9.59 Å². The molecule has 0 radical (unpaired) electrons. The molecule has 4 rings (SSSR count). The summed E-state index contributed by atoms with van der Waals surface area (Å²) in [5.41, 5.74) is 1.93. The van der Waals surface area contributed by atoms with Crippen LogP contribution in [0.15, 0.2) is 60.7 Å². The number of benzene rings is 3. The molecule has 0 aliphatic carbocycles. The lowest BCUT2D eigenvalue weighted by atomic mass is 9.83. The molecule has 0 bridgehead atoms. The van der Waals surface area contributed by atoms with Gasteiger partial charge in [0.25, 0.3) is 0 Å². The van der Waals surface area contributed by atoms with E-state index in [1.54, 1.807) is 49.5 Å². The molecule has 1 heterocycles. The van der Waals surface area contributed by atoms with Crippen LogP contribution in [0.3, 0.4) is 0 Å². The van der Waals surface area contributed by atoms with Gasteiger partial charge in [-0.15, -0.1) is 0 Å². The molecule has 1 aliphatic heterocycles. The van der Waals surface area contributed by atoms with Crippen molar-refractivity contribution in [2.75, 3.05) is 45.8 Å². The average Bonchev–Trinajstić information content (AvgIpc) is 2.96. The third kappa shape index (κ3) is 5.32. The van der Waals surface area contributed by atoms with Crippen molar-refractivity contribution in [1.29, 1.82) is 0 Å².